The second kappa shape index (κ2) is 5.66. The Hall–Kier alpha value is -1.34. The standard InChI is InChI=1S/C9H11F3N2O2/c10-6-5-7(11)9(13-8(6)12)14(1-3-15)2-4-16/h5,15-16H,1-4H2. The van der Waals surface area contributed by atoms with Crippen molar-refractivity contribution in [3.05, 3.63) is 23.6 Å². The number of rotatable bonds is 5. The van der Waals surface area contributed by atoms with Gasteiger partial charge in [-0.1, -0.05) is 0 Å². The highest BCUT2D eigenvalue weighted by atomic mass is 19.2. The second-order valence-electron chi connectivity index (χ2n) is 3.00. The molecule has 0 saturated carbocycles. The monoisotopic (exact) mass is 236 g/mol. The highest BCUT2D eigenvalue weighted by Crippen LogP contribution is 2.18. The minimum Gasteiger partial charge on any atom is -0.395 e. The van der Waals surface area contributed by atoms with E-state index in [1.54, 1.807) is 0 Å². The van der Waals surface area contributed by atoms with Crippen LogP contribution in [0, 0.1) is 17.6 Å². The zero-order valence-electron chi connectivity index (χ0n) is 8.33. The van der Waals surface area contributed by atoms with E-state index in [9.17, 15) is 13.2 Å². The summed E-state index contributed by atoms with van der Waals surface area (Å²) in [5.74, 6) is -4.27. The average Bonchev–Trinajstić information content (AvgIpc) is 2.23. The molecule has 0 aromatic carbocycles. The van der Waals surface area contributed by atoms with Crippen molar-refractivity contribution >= 4 is 5.82 Å². The fourth-order valence-corrected chi connectivity index (χ4v) is 1.22. The molecule has 1 heterocycles. The molecule has 0 aliphatic carbocycles. The lowest BCUT2D eigenvalue weighted by Gasteiger charge is -2.21. The Kier molecular flexibility index (Phi) is 4.51. The molecule has 0 fully saturated rings. The molecular weight excluding hydrogens is 225 g/mol. The molecule has 0 spiro atoms. The molecule has 1 aromatic rings. The van der Waals surface area contributed by atoms with Gasteiger partial charge in [-0.25, -0.2) is 8.78 Å². The van der Waals surface area contributed by atoms with Gasteiger partial charge in [-0.15, -0.1) is 0 Å². The Morgan fingerprint density at radius 1 is 1.06 bits per heavy atom. The van der Waals surface area contributed by atoms with E-state index in [0.717, 1.165) is 4.90 Å². The van der Waals surface area contributed by atoms with Gasteiger partial charge in [0.1, 0.15) is 0 Å². The van der Waals surface area contributed by atoms with Gasteiger partial charge in [0.2, 0.25) is 0 Å². The van der Waals surface area contributed by atoms with Gasteiger partial charge in [-0.05, 0) is 0 Å². The Bertz CT molecular complexity index is 357. The van der Waals surface area contributed by atoms with Crippen LogP contribution in [0.15, 0.2) is 6.07 Å². The van der Waals surface area contributed by atoms with Crippen molar-refractivity contribution in [2.75, 3.05) is 31.2 Å². The molecule has 0 unspecified atom stereocenters. The minimum absolute atomic E-state index is 0.0322. The van der Waals surface area contributed by atoms with Crippen LogP contribution in [-0.4, -0.2) is 41.5 Å². The van der Waals surface area contributed by atoms with Gasteiger partial charge >= 0.3 is 0 Å². The first-order valence-electron chi connectivity index (χ1n) is 4.58. The van der Waals surface area contributed by atoms with E-state index in [1.807, 2.05) is 0 Å². The van der Waals surface area contributed by atoms with Crippen molar-refractivity contribution in [3.8, 4) is 0 Å². The van der Waals surface area contributed by atoms with Gasteiger partial charge in [0.25, 0.3) is 5.95 Å². The van der Waals surface area contributed by atoms with Gasteiger partial charge in [0.05, 0.1) is 13.2 Å². The Morgan fingerprint density at radius 2 is 1.62 bits per heavy atom. The Morgan fingerprint density at radius 3 is 2.12 bits per heavy atom. The second-order valence-corrected chi connectivity index (χ2v) is 3.00. The van der Waals surface area contributed by atoms with Gasteiger partial charge in [0, 0.05) is 19.2 Å². The maximum Gasteiger partial charge on any atom is 0.251 e. The van der Waals surface area contributed by atoms with Crippen molar-refractivity contribution < 1.29 is 23.4 Å². The summed E-state index contributed by atoms with van der Waals surface area (Å²) in [4.78, 5) is 4.22. The third-order valence-electron chi connectivity index (χ3n) is 1.91. The highest BCUT2D eigenvalue weighted by Gasteiger charge is 2.16. The third-order valence-corrected chi connectivity index (χ3v) is 1.91. The van der Waals surface area contributed by atoms with Gasteiger partial charge in [-0.3, -0.25) is 0 Å². The molecule has 0 aliphatic heterocycles. The maximum atomic E-state index is 13.3. The predicted molar refractivity (Wildman–Crippen MR) is 50.5 cm³/mol. The van der Waals surface area contributed by atoms with E-state index in [4.69, 9.17) is 10.2 Å². The molecule has 1 rings (SSSR count). The first kappa shape index (κ1) is 12.7. The lowest BCUT2D eigenvalue weighted by atomic mass is 10.3. The van der Waals surface area contributed by atoms with Crippen LogP contribution in [0.2, 0.25) is 0 Å². The highest BCUT2D eigenvalue weighted by molar-refractivity contribution is 5.40. The molecule has 90 valence electrons. The smallest absolute Gasteiger partial charge is 0.251 e. The van der Waals surface area contributed by atoms with Crippen molar-refractivity contribution in [2.45, 2.75) is 0 Å². The van der Waals surface area contributed by atoms with Crippen LogP contribution in [0.3, 0.4) is 0 Å². The number of pyridine rings is 1. The Balaban J connectivity index is 3.03. The number of hydrogen-bond acceptors (Lipinski definition) is 4. The van der Waals surface area contributed by atoms with E-state index < -0.39 is 23.4 Å². The summed E-state index contributed by atoms with van der Waals surface area (Å²) in [5, 5.41) is 17.4. The lowest BCUT2D eigenvalue weighted by molar-refractivity contribution is 0.279. The summed E-state index contributed by atoms with van der Waals surface area (Å²) < 4.78 is 38.6. The summed E-state index contributed by atoms with van der Waals surface area (Å²) in [6.45, 7) is -0.703. The quantitative estimate of drug-likeness (QED) is 0.721. The van der Waals surface area contributed by atoms with Gasteiger partial charge in [-0.2, -0.15) is 9.37 Å². The summed E-state index contributed by atoms with van der Waals surface area (Å²) in [6.07, 6.45) is 0. The molecule has 0 amide bonds. The number of hydrogen-bond donors (Lipinski definition) is 2. The number of aliphatic hydroxyl groups excluding tert-OH is 2. The van der Waals surface area contributed by atoms with Crippen LogP contribution >= 0.6 is 0 Å². The summed E-state index contributed by atoms with van der Waals surface area (Å²) in [6, 6.07) is 0.374. The first-order chi connectivity index (χ1) is 7.60. The SMILES string of the molecule is OCCN(CCO)c1nc(F)c(F)cc1F. The molecule has 0 atom stereocenters. The number of anilines is 1. The van der Waals surface area contributed by atoms with Crippen LogP contribution in [0.4, 0.5) is 19.0 Å². The van der Waals surface area contributed by atoms with E-state index in [-0.39, 0.29) is 26.3 Å². The maximum absolute atomic E-state index is 13.3. The summed E-state index contributed by atoms with van der Waals surface area (Å²) >= 11 is 0. The number of nitrogens with zero attached hydrogens (tertiary/aromatic N) is 2. The molecule has 0 saturated heterocycles. The topological polar surface area (TPSA) is 56.6 Å². The van der Waals surface area contributed by atoms with Gasteiger partial charge < -0.3 is 15.1 Å². The minimum atomic E-state index is -1.42. The average molecular weight is 236 g/mol. The molecular formula is C9H11F3N2O2. The van der Waals surface area contributed by atoms with E-state index in [2.05, 4.69) is 4.98 Å². The Labute approximate surface area is 90.0 Å². The summed E-state index contributed by atoms with van der Waals surface area (Å²) in [7, 11) is 0. The normalized spacial score (nSPS) is 10.6. The van der Waals surface area contributed by atoms with Crippen molar-refractivity contribution in [1.29, 1.82) is 0 Å². The fourth-order valence-electron chi connectivity index (χ4n) is 1.22. The van der Waals surface area contributed by atoms with Crippen LogP contribution in [0.5, 0.6) is 0 Å². The summed E-state index contributed by atoms with van der Waals surface area (Å²) in [5.41, 5.74) is 0. The zero-order chi connectivity index (χ0) is 12.1. The largest absolute Gasteiger partial charge is 0.395 e. The van der Waals surface area contributed by atoms with E-state index in [1.165, 1.54) is 0 Å². The molecule has 0 aliphatic rings. The van der Waals surface area contributed by atoms with Crippen LogP contribution in [-0.2, 0) is 0 Å². The first-order valence-corrected chi connectivity index (χ1v) is 4.58. The molecule has 1 aromatic heterocycles. The molecule has 4 nitrogen and oxygen atoms in total. The molecule has 2 N–H and O–H groups in total. The van der Waals surface area contributed by atoms with Crippen molar-refractivity contribution in [3.63, 3.8) is 0 Å². The van der Waals surface area contributed by atoms with Crippen LogP contribution in [0.25, 0.3) is 0 Å². The number of aliphatic hydroxyl groups is 2. The molecule has 0 bridgehead atoms. The zero-order valence-corrected chi connectivity index (χ0v) is 8.33. The van der Waals surface area contributed by atoms with Gasteiger partial charge in [0.15, 0.2) is 17.5 Å². The fraction of sp³-hybridized carbons (Fsp3) is 0.444. The number of halogens is 3. The van der Waals surface area contributed by atoms with Crippen molar-refractivity contribution in [2.24, 2.45) is 0 Å². The van der Waals surface area contributed by atoms with Crippen LogP contribution in [0.1, 0.15) is 0 Å². The number of aromatic nitrogens is 1. The molecule has 16 heavy (non-hydrogen) atoms. The molecule has 7 heteroatoms. The lowest BCUT2D eigenvalue weighted by Crippen LogP contribution is -2.31. The van der Waals surface area contributed by atoms with Crippen molar-refractivity contribution in [1.82, 2.24) is 4.98 Å². The predicted octanol–water partition coefficient (Wildman–Crippen LogP) is 0.290. The van der Waals surface area contributed by atoms with E-state index >= 15 is 0 Å². The van der Waals surface area contributed by atoms with E-state index in [0.29, 0.717) is 6.07 Å². The third kappa shape index (κ3) is 2.83. The van der Waals surface area contributed by atoms with Crippen LogP contribution < -0.4 is 4.90 Å². The molecule has 0 radical (unpaired) electrons.